The quantitative estimate of drug-likeness (QED) is 0.204. The summed E-state index contributed by atoms with van der Waals surface area (Å²) in [7, 11) is 2.15. The first-order chi connectivity index (χ1) is 19.4. The molecule has 2 heterocycles. The molecule has 0 amide bonds. The van der Waals surface area contributed by atoms with Crippen LogP contribution in [0, 0.1) is 0 Å². The van der Waals surface area contributed by atoms with Gasteiger partial charge in [0, 0.05) is 40.5 Å². The lowest BCUT2D eigenvalue weighted by Crippen LogP contribution is -2.23. The molecule has 0 saturated heterocycles. The largest absolute Gasteiger partial charge is 0.355 e. The van der Waals surface area contributed by atoms with E-state index in [1.165, 1.54) is 43.7 Å². The molecule has 202 valence electrons. The van der Waals surface area contributed by atoms with Gasteiger partial charge in [-0.2, -0.15) is 0 Å². The van der Waals surface area contributed by atoms with E-state index in [1.807, 2.05) is 6.20 Å². The van der Waals surface area contributed by atoms with Gasteiger partial charge in [0.2, 0.25) is 0 Å². The maximum Gasteiger partial charge on any atom is 0.144 e. The molecular weight excluding hydrogens is 508 g/mol. The van der Waals surface area contributed by atoms with Crippen LogP contribution in [0.2, 0.25) is 0 Å². The minimum atomic E-state index is 0.417. The zero-order chi connectivity index (χ0) is 27.8. The van der Waals surface area contributed by atoms with Gasteiger partial charge in [-0.1, -0.05) is 88.0 Å². The Kier molecular flexibility index (Phi) is 7.16. The summed E-state index contributed by atoms with van der Waals surface area (Å²) in [5.41, 5.74) is 8.81. The number of benzene rings is 4. The molecule has 0 bridgehead atoms. The van der Waals surface area contributed by atoms with Crippen molar-refractivity contribution in [3.8, 4) is 17.1 Å². The van der Waals surface area contributed by atoms with Crippen molar-refractivity contribution in [1.82, 2.24) is 9.55 Å². The number of anilines is 3. The van der Waals surface area contributed by atoms with Gasteiger partial charge in [-0.3, -0.25) is 4.57 Å². The number of hydrogen-bond acceptors (Lipinski definition) is 4. The number of aromatic nitrogens is 2. The molecule has 0 fully saturated rings. The van der Waals surface area contributed by atoms with Gasteiger partial charge in [0.15, 0.2) is 0 Å². The van der Waals surface area contributed by atoms with Crippen molar-refractivity contribution in [1.29, 1.82) is 0 Å². The van der Waals surface area contributed by atoms with Gasteiger partial charge in [0.25, 0.3) is 0 Å². The second-order valence-electron chi connectivity index (χ2n) is 11.1. The maximum absolute atomic E-state index is 4.85. The molecule has 0 spiro atoms. The molecule has 0 aliphatic carbocycles. The highest BCUT2D eigenvalue weighted by Gasteiger charge is 2.24. The van der Waals surface area contributed by atoms with E-state index in [2.05, 4.69) is 146 Å². The highest BCUT2D eigenvalue weighted by atomic mass is 32.2. The first-order valence-electron chi connectivity index (χ1n) is 14.0. The Balaban J connectivity index is 1.32. The molecule has 5 heteroatoms. The van der Waals surface area contributed by atoms with Crippen LogP contribution in [-0.2, 0) is 0 Å². The topological polar surface area (TPSA) is 24.3 Å². The highest BCUT2D eigenvalue weighted by molar-refractivity contribution is 7.99. The number of fused-ring (bicyclic) bond motifs is 1. The summed E-state index contributed by atoms with van der Waals surface area (Å²) < 4.78 is 2.29. The van der Waals surface area contributed by atoms with E-state index < -0.39 is 0 Å². The second kappa shape index (κ2) is 10.9. The number of rotatable bonds is 7. The van der Waals surface area contributed by atoms with E-state index >= 15 is 0 Å². The van der Waals surface area contributed by atoms with E-state index in [0.717, 1.165) is 18.1 Å². The van der Waals surface area contributed by atoms with E-state index in [4.69, 9.17) is 4.98 Å². The van der Waals surface area contributed by atoms with E-state index in [1.54, 1.807) is 11.8 Å². The minimum Gasteiger partial charge on any atom is -0.355 e. The van der Waals surface area contributed by atoms with Crippen LogP contribution < -0.4 is 9.80 Å². The van der Waals surface area contributed by atoms with Crippen molar-refractivity contribution in [2.24, 2.45) is 0 Å². The molecule has 0 radical (unpaired) electrons. The Labute approximate surface area is 242 Å². The Hall–Kier alpha value is -3.96. The summed E-state index contributed by atoms with van der Waals surface area (Å²) in [4.78, 5) is 11.9. The van der Waals surface area contributed by atoms with Crippen molar-refractivity contribution >= 4 is 28.8 Å². The van der Waals surface area contributed by atoms with E-state index in [-0.39, 0.29) is 0 Å². The number of para-hydroxylation sites is 3. The van der Waals surface area contributed by atoms with Crippen molar-refractivity contribution in [2.45, 2.75) is 49.3 Å². The minimum absolute atomic E-state index is 0.417. The Morgan fingerprint density at radius 3 is 2.10 bits per heavy atom. The molecule has 1 aromatic heterocycles. The fourth-order valence-corrected chi connectivity index (χ4v) is 6.57. The number of nitrogens with zero attached hydrogens (tertiary/aromatic N) is 4. The van der Waals surface area contributed by atoms with Gasteiger partial charge < -0.3 is 9.80 Å². The molecule has 6 rings (SSSR count). The molecule has 0 N–H and O–H groups in total. The van der Waals surface area contributed by atoms with Gasteiger partial charge in [-0.25, -0.2) is 4.98 Å². The molecular formula is C35H36N4S. The summed E-state index contributed by atoms with van der Waals surface area (Å²) in [5.74, 6) is 1.81. The van der Waals surface area contributed by atoms with Crippen LogP contribution in [-0.4, -0.2) is 23.3 Å². The van der Waals surface area contributed by atoms with Crippen molar-refractivity contribution in [2.75, 3.05) is 23.5 Å². The Bertz CT molecular complexity index is 1620. The van der Waals surface area contributed by atoms with Crippen LogP contribution in [0.4, 0.5) is 17.1 Å². The summed E-state index contributed by atoms with van der Waals surface area (Å²) >= 11 is 1.79. The molecule has 0 saturated carbocycles. The first kappa shape index (κ1) is 26.3. The van der Waals surface area contributed by atoms with E-state index in [9.17, 15) is 0 Å². The molecule has 1 aliphatic heterocycles. The SMILES string of the molecule is CC(C)c1cccc(C(C)C)c1-n1ccnc1-c1cccc(Sc2cccc(N3CN(C)c4ccccc43)c2)c1. The Morgan fingerprint density at radius 1 is 0.725 bits per heavy atom. The fraction of sp³-hybridized carbons (Fsp3) is 0.229. The van der Waals surface area contributed by atoms with Crippen LogP contribution >= 0.6 is 11.8 Å². The summed E-state index contributed by atoms with van der Waals surface area (Å²) in [6, 6.07) is 32.9. The van der Waals surface area contributed by atoms with Gasteiger partial charge in [-0.15, -0.1) is 0 Å². The third-order valence-electron chi connectivity index (χ3n) is 7.62. The fourth-order valence-electron chi connectivity index (χ4n) is 5.64. The molecule has 0 atom stereocenters. The van der Waals surface area contributed by atoms with Crippen LogP contribution in [0.25, 0.3) is 17.1 Å². The summed E-state index contributed by atoms with van der Waals surface area (Å²) in [6.07, 6.45) is 4.03. The third-order valence-corrected chi connectivity index (χ3v) is 8.60. The molecule has 1 aliphatic rings. The predicted molar refractivity (Wildman–Crippen MR) is 170 cm³/mol. The average Bonchev–Trinajstić information content (AvgIpc) is 3.58. The van der Waals surface area contributed by atoms with Crippen LogP contribution in [0.5, 0.6) is 0 Å². The van der Waals surface area contributed by atoms with Crippen LogP contribution in [0.15, 0.2) is 113 Å². The summed E-state index contributed by atoms with van der Waals surface area (Å²) in [6.45, 7) is 9.92. The van der Waals surface area contributed by atoms with Crippen molar-refractivity contribution in [3.05, 3.63) is 115 Å². The number of imidazole rings is 1. The van der Waals surface area contributed by atoms with Gasteiger partial charge in [-0.05, 0) is 65.4 Å². The zero-order valence-corrected chi connectivity index (χ0v) is 24.7. The van der Waals surface area contributed by atoms with Crippen molar-refractivity contribution in [3.63, 3.8) is 0 Å². The highest BCUT2D eigenvalue weighted by Crippen LogP contribution is 2.41. The van der Waals surface area contributed by atoms with E-state index in [0.29, 0.717) is 11.8 Å². The molecule has 0 unspecified atom stereocenters. The lowest BCUT2D eigenvalue weighted by atomic mass is 9.92. The van der Waals surface area contributed by atoms with Crippen molar-refractivity contribution < 1.29 is 0 Å². The lowest BCUT2D eigenvalue weighted by Gasteiger charge is -2.22. The van der Waals surface area contributed by atoms with Gasteiger partial charge in [0.05, 0.1) is 23.7 Å². The predicted octanol–water partition coefficient (Wildman–Crippen LogP) is 9.48. The monoisotopic (exact) mass is 544 g/mol. The smallest absolute Gasteiger partial charge is 0.144 e. The normalized spacial score (nSPS) is 13.0. The standard InChI is InChI=1S/C35H36N4S/c1-24(2)30-15-10-16-31(25(3)4)34(30)38-20-19-36-35(38)26-11-8-13-28(21-26)40-29-14-9-12-27(22-29)39-23-37(5)32-17-6-7-18-33(32)39/h6-22,24-25H,23H2,1-5H3. The molecule has 4 nitrogen and oxygen atoms in total. The van der Waals surface area contributed by atoms with Gasteiger partial charge >= 0.3 is 0 Å². The maximum atomic E-state index is 4.85. The zero-order valence-electron chi connectivity index (χ0n) is 23.9. The second-order valence-corrected chi connectivity index (χ2v) is 12.2. The molecule has 5 aromatic rings. The Morgan fingerprint density at radius 2 is 1.38 bits per heavy atom. The van der Waals surface area contributed by atoms with Crippen LogP contribution in [0.3, 0.4) is 0 Å². The van der Waals surface area contributed by atoms with Crippen LogP contribution in [0.1, 0.15) is 50.7 Å². The average molecular weight is 545 g/mol. The summed E-state index contributed by atoms with van der Waals surface area (Å²) in [5, 5.41) is 0. The lowest BCUT2D eigenvalue weighted by molar-refractivity contribution is 0.806. The molecule has 40 heavy (non-hydrogen) atoms. The van der Waals surface area contributed by atoms with Gasteiger partial charge in [0.1, 0.15) is 5.82 Å². The number of hydrogen-bond donors (Lipinski definition) is 0. The molecule has 4 aromatic carbocycles. The third kappa shape index (κ3) is 4.90. The first-order valence-corrected chi connectivity index (χ1v) is 14.8.